The molecule has 2 aliphatic rings. The van der Waals surface area contributed by atoms with Crippen molar-refractivity contribution in [3.05, 3.63) is 51.6 Å². The van der Waals surface area contributed by atoms with Gasteiger partial charge in [-0.2, -0.15) is 0 Å². The second kappa shape index (κ2) is 8.51. The normalized spacial score (nSPS) is 23.8. The monoisotopic (exact) mass is 423 g/mol. The van der Waals surface area contributed by atoms with Gasteiger partial charge in [-0.25, -0.2) is 4.68 Å². The molecule has 0 bridgehead atoms. The van der Waals surface area contributed by atoms with Crippen LogP contribution in [0.5, 0.6) is 0 Å². The van der Waals surface area contributed by atoms with Crippen molar-refractivity contribution in [3.63, 3.8) is 0 Å². The van der Waals surface area contributed by atoms with Crippen molar-refractivity contribution < 1.29 is 9.80 Å². The Morgan fingerprint density at radius 2 is 1.87 bits per heavy atom. The van der Waals surface area contributed by atoms with Crippen molar-refractivity contribution in [1.29, 1.82) is 0 Å². The SMILES string of the molecule is Cc1ccc2[nH]c(=O)c([C@H](c3nnnn3C3CCCCC3)[NH+]3CC[NH+](C)CC3)cc2c1. The van der Waals surface area contributed by atoms with Gasteiger partial charge in [-0.05, 0) is 53.8 Å². The van der Waals surface area contributed by atoms with E-state index in [9.17, 15) is 4.79 Å². The van der Waals surface area contributed by atoms with Gasteiger partial charge in [-0.3, -0.25) is 4.79 Å². The van der Waals surface area contributed by atoms with E-state index in [0.29, 0.717) is 6.04 Å². The molecule has 1 aliphatic heterocycles. The molecule has 1 aromatic carbocycles. The predicted molar refractivity (Wildman–Crippen MR) is 118 cm³/mol. The van der Waals surface area contributed by atoms with E-state index >= 15 is 0 Å². The Morgan fingerprint density at radius 1 is 1.10 bits per heavy atom. The van der Waals surface area contributed by atoms with E-state index in [1.54, 1.807) is 0 Å². The minimum atomic E-state index is -0.154. The maximum absolute atomic E-state index is 13.3. The average molecular weight is 424 g/mol. The van der Waals surface area contributed by atoms with Crippen molar-refractivity contribution in [2.45, 2.75) is 51.1 Å². The second-order valence-electron chi connectivity index (χ2n) is 9.47. The number of rotatable bonds is 4. The number of likely N-dealkylation sites (N-methyl/N-ethyl adjacent to an activating group) is 1. The summed E-state index contributed by atoms with van der Waals surface area (Å²) < 4.78 is 2.04. The van der Waals surface area contributed by atoms with E-state index in [4.69, 9.17) is 0 Å². The van der Waals surface area contributed by atoms with Gasteiger partial charge in [0.15, 0.2) is 6.04 Å². The summed E-state index contributed by atoms with van der Waals surface area (Å²) in [6.07, 6.45) is 5.94. The first-order chi connectivity index (χ1) is 15.1. The number of hydrogen-bond acceptors (Lipinski definition) is 4. The van der Waals surface area contributed by atoms with Gasteiger partial charge in [0.05, 0.1) is 18.7 Å². The largest absolute Gasteiger partial charge is 0.328 e. The fourth-order valence-electron chi connectivity index (χ4n) is 5.36. The lowest BCUT2D eigenvalue weighted by atomic mass is 9.95. The zero-order chi connectivity index (χ0) is 21.4. The molecule has 3 heterocycles. The first-order valence-electron chi connectivity index (χ1n) is 11.7. The molecule has 0 radical (unpaired) electrons. The number of pyridine rings is 1. The van der Waals surface area contributed by atoms with Crippen LogP contribution in [0.3, 0.4) is 0 Å². The third-order valence-electron chi connectivity index (χ3n) is 7.19. The second-order valence-corrected chi connectivity index (χ2v) is 9.47. The van der Waals surface area contributed by atoms with Crippen LogP contribution in [0.15, 0.2) is 29.1 Å². The highest BCUT2D eigenvalue weighted by Gasteiger charge is 2.38. The first kappa shape index (κ1) is 20.3. The number of quaternary nitrogens is 2. The molecule has 5 rings (SSSR count). The van der Waals surface area contributed by atoms with Gasteiger partial charge in [-0.1, -0.05) is 30.9 Å². The van der Waals surface area contributed by atoms with E-state index in [-0.39, 0.29) is 11.6 Å². The van der Waals surface area contributed by atoms with Crippen molar-refractivity contribution in [2.24, 2.45) is 0 Å². The number of aromatic nitrogens is 5. The summed E-state index contributed by atoms with van der Waals surface area (Å²) in [5, 5.41) is 14.1. The molecule has 1 aliphatic carbocycles. The molecule has 2 fully saturated rings. The molecule has 8 heteroatoms. The van der Waals surface area contributed by atoms with Gasteiger partial charge in [-0.15, -0.1) is 5.10 Å². The number of tetrazole rings is 1. The number of nitrogens with zero attached hydrogens (tertiary/aromatic N) is 4. The molecule has 1 atom stereocenters. The van der Waals surface area contributed by atoms with Gasteiger partial charge in [0.25, 0.3) is 5.56 Å². The highest BCUT2D eigenvalue weighted by atomic mass is 16.1. The maximum atomic E-state index is 13.3. The summed E-state index contributed by atoms with van der Waals surface area (Å²) in [4.78, 5) is 19.3. The number of hydrogen-bond donors (Lipinski definition) is 3. The van der Waals surface area contributed by atoms with Crippen LogP contribution in [-0.2, 0) is 0 Å². The van der Waals surface area contributed by atoms with E-state index < -0.39 is 0 Å². The Labute approximate surface area is 182 Å². The Hall–Kier alpha value is -2.58. The lowest BCUT2D eigenvalue weighted by Gasteiger charge is -2.33. The van der Waals surface area contributed by atoms with Crippen LogP contribution in [0.2, 0.25) is 0 Å². The average Bonchev–Trinajstić information content (AvgIpc) is 3.26. The summed E-state index contributed by atoms with van der Waals surface area (Å²) in [6, 6.07) is 8.42. The third-order valence-corrected chi connectivity index (χ3v) is 7.19. The highest BCUT2D eigenvalue weighted by Crippen LogP contribution is 2.30. The number of benzene rings is 1. The van der Waals surface area contributed by atoms with Crippen molar-refractivity contribution in [2.75, 3.05) is 33.2 Å². The van der Waals surface area contributed by atoms with Crippen LogP contribution in [0.25, 0.3) is 10.9 Å². The van der Waals surface area contributed by atoms with E-state index in [2.05, 4.69) is 46.6 Å². The number of aromatic amines is 1. The molecule has 3 N–H and O–H groups in total. The number of fused-ring (bicyclic) bond motifs is 1. The van der Waals surface area contributed by atoms with Gasteiger partial charge in [0.2, 0.25) is 5.82 Å². The topological polar surface area (TPSA) is 85.3 Å². The molecule has 8 nitrogen and oxygen atoms in total. The summed E-state index contributed by atoms with van der Waals surface area (Å²) >= 11 is 0. The van der Waals surface area contributed by atoms with Crippen molar-refractivity contribution >= 4 is 10.9 Å². The van der Waals surface area contributed by atoms with Crippen LogP contribution in [0, 0.1) is 6.92 Å². The van der Waals surface area contributed by atoms with Crippen LogP contribution in [-0.4, -0.2) is 58.4 Å². The fraction of sp³-hybridized carbons (Fsp3) is 0.565. The molecule has 2 aromatic heterocycles. The number of aryl methyl sites for hydroxylation is 1. The predicted octanol–water partition coefficient (Wildman–Crippen LogP) is -0.169. The van der Waals surface area contributed by atoms with Crippen LogP contribution < -0.4 is 15.4 Å². The lowest BCUT2D eigenvalue weighted by molar-refractivity contribution is -1.02. The fourth-order valence-corrected chi connectivity index (χ4v) is 5.36. The first-order valence-corrected chi connectivity index (χ1v) is 11.7. The standard InChI is InChI=1S/C23H31N7O/c1-16-8-9-20-17(14-16)15-19(23(31)24-20)21(29-12-10-28(2)11-13-29)22-25-26-27-30(22)18-6-4-3-5-7-18/h8-9,14-15,18,21H,3-7,10-13H2,1-2H3,(H,24,31)/p+2/t21-/m1/s1. The Bertz CT molecular complexity index is 1110. The molecule has 0 spiro atoms. The van der Waals surface area contributed by atoms with Crippen molar-refractivity contribution in [3.8, 4) is 0 Å². The molecular weight excluding hydrogens is 390 g/mol. The van der Waals surface area contributed by atoms with Gasteiger partial charge < -0.3 is 14.8 Å². The summed E-state index contributed by atoms with van der Waals surface area (Å²) in [7, 11) is 2.24. The zero-order valence-corrected chi connectivity index (χ0v) is 18.5. The summed E-state index contributed by atoms with van der Waals surface area (Å²) in [5.41, 5.74) is 2.81. The number of H-pyrrole nitrogens is 1. The minimum absolute atomic E-state index is 0.0293. The van der Waals surface area contributed by atoms with Gasteiger partial charge in [0, 0.05) is 5.52 Å². The molecule has 31 heavy (non-hydrogen) atoms. The molecule has 1 saturated carbocycles. The zero-order valence-electron chi connectivity index (χ0n) is 18.5. The molecule has 1 saturated heterocycles. The highest BCUT2D eigenvalue weighted by molar-refractivity contribution is 5.79. The van der Waals surface area contributed by atoms with E-state index in [1.807, 2.05) is 16.8 Å². The van der Waals surface area contributed by atoms with Gasteiger partial charge in [0.1, 0.15) is 26.2 Å². The van der Waals surface area contributed by atoms with E-state index in [0.717, 1.165) is 61.3 Å². The van der Waals surface area contributed by atoms with E-state index in [1.165, 1.54) is 34.6 Å². The quantitative estimate of drug-likeness (QED) is 0.544. The maximum Gasteiger partial charge on any atom is 0.258 e. The van der Waals surface area contributed by atoms with Crippen LogP contribution >= 0.6 is 0 Å². The lowest BCUT2D eigenvalue weighted by Crippen LogP contribution is -3.27. The summed E-state index contributed by atoms with van der Waals surface area (Å²) in [6.45, 7) is 6.25. The molecule has 164 valence electrons. The Kier molecular flexibility index (Phi) is 5.58. The number of nitrogens with one attached hydrogen (secondary N) is 3. The molecule has 0 amide bonds. The van der Waals surface area contributed by atoms with Gasteiger partial charge >= 0.3 is 0 Å². The smallest absolute Gasteiger partial charge is 0.258 e. The molecular formula is C23H33N7O+2. The van der Waals surface area contributed by atoms with Crippen LogP contribution in [0.1, 0.15) is 61.1 Å². The minimum Gasteiger partial charge on any atom is -0.328 e. The molecule has 3 aromatic rings. The van der Waals surface area contributed by atoms with Crippen molar-refractivity contribution in [1.82, 2.24) is 25.2 Å². The third kappa shape index (κ3) is 4.02. The van der Waals surface area contributed by atoms with Crippen LogP contribution in [0.4, 0.5) is 0 Å². The number of piperazine rings is 1. The Morgan fingerprint density at radius 3 is 2.65 bits per heavy atom. The summed E-state index contributed by atoms with van der Waals surface area (Å²) in [5.74, 6) is 0.846. The molecule has 0 unspecified atom stereocenters. The Balaban J connectivity index is 1.62.